The van der Waals surface area contributed by atoms with E-state index >= 15 is 0 Å². The van der Waals surface area contributed by atoms with Gasteiger partial charge in [-0.3, -0.25) is 4.79 Å². The second-order valence-corrected chi connectivity index (χ2v) is 6.65. The first-order valence-electron chi connectivity index (χ1n) is 7.97. The van der Waals surface area contributed by atoms with Crippen LogP contribution in [0.3, 0.4) is 0 Å². The van der Waals surface area contributed by atoms with Gasteiger partial charge in [-0.1, -0.05) is 12.1 Å². The number of para-hydroxylation sites is 1. The van der Waals surface area contributed by atoms with Crippen LogP contribution in [0.5, 0.6) is 5.75 Å². The summed E-state index contributed by atoms with van der Waals surface area (Å²) in [5.41, 5.74) is 0.472. The monoisotopic (exact) mass is 349 g/mol. The summed E-state index contributed by atoms with van der Waals surface area (Å²) in [5, 5.41) is 5.44. The number of piperidine rings is 1. The minimum absolute atomic E-state index is 0.0525. The van der Waals surface area contributed by atoms with E-state index in [4.69, 9.17) is 4.74 Å². The number of nitrogens with zero attached hydrogens (tertiary/aromatic N) is 2. The van der Waals surface area contributed by atoms with Gasteiger partial charge in [-0.05, 0) is 25.0 Å². The van der Waals surface area contributed by atoms with Gasteiger partial charge in [0.2, 0.25) is 0 Å². The van der Waals surface area contributed by atoms with Crippen LogP contribution in [-0.4, -0.2) is 42.5 Å². The van der Waals surface area contributed by atoms with E-state index in [-0.39, 0.29) is 23.4 Å². The molecule has 1 amide bonds. The van der Waals surface area contributed by atoms with Gasteiger partial charge in [0.05, 0.1) is 6.61 Å². The van der Waals surface area contributed by atoms with E-state index < -0.39 is 0 Å². The molecule has 1 saturated heterocycles. The number of nitrogens with one attached hydrogen (secondary N) is 1. The zero-order chi connectivity index (χ0) is 16.9. The Balaban J connectivity index is 1.58. The Kier molecular flexibility index (Phi) is 5.30. The normalized spacial score (nSPS) is 17.6. The summed E-state index contributed by atoms with van der Waals surface area (Å²) in [6.07, 6.45) is 1.89. The minimum atomic E-state index is -0.358. The van der Waals surface area contributed by atoms with E-state index in [0.29, 0.717) is 18.8 Å². The standard InChI is InChI=1S/C17H20FN3O2S/c1-19-17-20-14(11-24-17)16(22)21-8-4-5-12(9-21)10-23-15-7-3-2-6-13(15)18/h2-3,6-7,11-12H,4-5,8-10H2,1H3,(H,19,20)/t12-/m0/s1. The smallest absolute Gasteiger partial charge is 0.273 e. The molecule has 1 aliphatic heterocycles. The highest BCUT2D eigenvalue weighted by atomic mass is 32.1. The van der Waals surface area contributed by atoms with Crippen molar-refractivity contribution >= 4 is 22.4 Å². The predicted octanol–water partition coefficient (Wildman–Crippen LogP) is 3.26. The average molecular weight is 349 g/mol. The van der Waals surface area contributed by atoms with Crippen LogP contribution >= 0.6 is 11.3 Å². The summed E-state index contributed by atoms with van der Waals surface area (Å²) in [6.45, 7) is 1.74. The quantitative estimate of drug-likeness (QED) is 0.900. The number of likely N-dealkylation sites (tertiary alicyclic amines) is 1. The number of rotatable bonds is 5. The molecule has 0 spiro atoms. The largest absolute Gasteiger partial charge is 0.490 e. The summed E-state index contributed by atoms with van der Waals surface area (Å²) in [7, 11) is 1.78. The second-order valence-electron chi connectivity index (χ2n) is 5.79. The van der Waals surface area contributed by atoms with Gasteiger partial charge >= 0.3 is 0 Å². The number of hydrogen-bond donors (Lipinski definition) is 1. The first-order chi connectivity index (χ1) is 11.7. The third-order valence-corrected chi connectivity index (χ3v) is 4.91. The van der Waals surface area contributed by atoms with E-state index in [0.717, 1.165) is 24.5 Å². The first-order valence-corrected chi connectivity index (χ1v) is 8.85. The third kappa shape index (κ3) is 3.84. The number of carbonyl (C=O) groups excluding carboxylic acids is 1. The van der Waals surface area contributed by atoms with E-state index in [1.54, 1.807) is 30.6 Å². The molecule has 1 aromatic heterocycles. The highest BCUT2D eigenvalue weighted by molar-refractivity contribution is 7.13. The number of ether oxygens (including phenoxy) is 1. The Labute approximate surface area is 144 Å². The fraction of sp³-hybridized carbons (Fsp3) is 0.412. The molecule has 0 radical (unpaired) electrons. The van der Waals surface area contributed by atoms with E-state index in [1.807, 2.05) is 4.90 Å². The molecular formula is C17H20FN3O2S. The Morgan fingerprint density at radius 2 is 2.33 bits per heavy atom. The molecule has 0 unspecified atom stereocenters. The third-order valence-electron chi connectivity index (χ3n) is 4.05. The van der Waals surface area contributed by atoms with E-state index in [9.17, 15) is 9.18 Å². The fourth-order valence-electron chi connectivity index (χ4n) is 2.80. The molecule has 24 heavy (non-hydrogen) atoms. The number of hydrogen-bond acceptors (Lipinski definition) is 5. The van der Waals surface area contributed by atoms with Gasteiger partial charge in [0.15, 0.2) is 16.7 Å². The zero-order valence-corrected chi connectivity index (χ0v) is 14.3. The van der Waals surface area contributed by atoms with Crippen molar-refractivity contribution in [1.29, 1.82) is 0 Å². The molecular weight excluding hydrogens is 329 g/mol. The Hall–Kier alpha value is -2.15. The van der Waals surface area contributed by atoms with Crippen molar-refractivity contribution in [2.45, 2.75) is 12.8 Å². The number of benzene rings is 1. The van der Waals surface area contributed by atoms with Crippen LogP contribution in [0, 0.1) is 11.7 Å². The number of carbonyl (C=O) groups is 1. The summed E-state index contributed by atoms with van der Waals surface area (Å²) >= 11 is 1.42. The van der Waals surface area contributed by atoms with Crippen molar-refractivity contribution in [3.63, 3.8) is 0 Å². The maximum absolute atomic E-state index is 13.6. The van der Waals surface area contributed by atoms with Crippen molar-refractivity contribution in [3.05, 3.63) is 41.2 Å². The molecule has 0 saturated carbocycles. The number of anilines is 1. The van der Waals surface area contributed by atoms with Crippen LogP contribution in [0.1, 0.15) is 23.3 Å². The Morgan fingerprint density at radius 3 is 3.08 bits per heavy atom. The van der Waals surface area contributed by atoms with Crippen molar-refractivity contribution in [2.24, 2.45) is 5.92 Å². The van der Waals surface area contributed by atoms with Crippen LogP contribution in [0.2, 0.25) is 0 Å². The molecule has 0 bridgehead atoms. The Morgan fingerprint density at radius 1 is 1.50 bits per heavy atom. The number of amides is 1. The lowest BCUT2D eigenvalue weighted by Crippen LogP contribution is -2.41. The Bertz CT molecular complexity index is 707. The van der Waals surface area contributed by atoms with Crippen LogP contribution in [0.15, 0.2) is 29.6 Å². The van der Waals surface area contributed by atoms with E-state index in [2.05, 4.69) is 10.3 Å². The SMILES string of the molecule is CNc1nc(C(=O)N2CCC[C@H](COc3ccccc3F)C2)cs1. The molecule has 1 atom stereocenters. The van der Waals surface area contributed by atoms with Gasteiger partial charge in [-0.15, -0.1) is 11.3 Å². The molecule has 1 aromatic carbocycles. The first kappa shape index (κ1) is 16.7. The highest BCUT2D eigenvalue weighted by Crippen LogP contribution is 2.23. The summed E-state index contributed by atoms with van der Waals surface area (Å²) < 4.78 is 19.2. The average Bonchev–Trinajstić information content (AvgIpc) is 3.10. The molecule has 2 heterocycles. The van der Waals surface area contributed by atoms with Gasteiger partial charge in [0.25, 0.3) is 5.91 Å². The fourth-order valence-corrected chi connectivity index (χ4v) is 3.45. The van der Waals surface area contributed by atoms with Crippen molar-refractivity contribution in [2.75, 3.05) is 32.1 Å². The van der Waals surface area contributed by atoms with Crippen molar-refractivity contribution in [3.8, 4) is 5.75 Å². The summed E-state index contributed by atoms with van der Waals surface area (Å²) in [5.74, 6) is 0.0514. The lowest BCUT2D eigenvalue weighted by atomic mass is 9.98. The van der Waals surface area contributed by atoms with Crippen LogP contribution in [0.4, 0.5) is 9.52 Å². The molecule has 3 rings (SSSR count). The maximum Gasteiger partial charge on any atom is 0.273 e. The van der Waals surface area contributed by atoms with Crippen LogP contribution < -0.4 is 10.1 Å². The number of thiazole rings is 1. The molecule has 0 aliphatic carbocycles. The summed E-state index contributed by atoms with van der Waals surface area (Å²) in [4.78, 5) is 18.6. The molecule has 128 valence electrons. The molecule has 1 N–H and O–H groups in total. The van der Waals surface area contributed by atoms with Gasteiger partial charge in [0.1, 0.15) is 5.69 Å². The lowest BCUT2D eigenvalue weighted by molar-refractivity contribution is 0.0626. The van der Waals surface area contributed by atoms with Crippen LogP contribution in [0.25, 0.3) is 0 Å². The van der Waals surface area contributed by atoms with E-state index in [1.165, 1.54) is 17.4 Å². The lowest BCUT2D eigenvalue weighted by Gasteiger charge is -2.32. The minimum Gasteiger partial charge on any atom is -0.490 e. The van der Waals surface area contributed by atoms with Gasteiger partial charge in [0, 0.05) is 31.4 Å². The van der Waals surface area contributed by atoms with Gasteiger partial charge in [-0.25, -0.2) is 9.37 Å². The molecule has 1 fully saturated rings. The number of aromatic nitrogens is 1. The number of halogens is 1. The zero-order valence-electron chi connectivity index (χ0n) is 13.5. The highest BCUT2D eigenvalue weighted by Gasteiger charge is 2.26. The second kappa shape index (κ2) is 7.61. The molecule has 1 aliphatic rings. The van der Waals surface area contributed by atoms with Crippen molar-refractivity contribution in [1.82, 2.24) is 9.88 Å². The summed E-state index contributed by atoms with van der Waals surface area (Å²) in [6, 6.07) is 6.39. The van der Waals surface area contributed by atoms with Crippen molar-refractivity contribution < 1.29 is 13.9 Å². The molecule has 2 aromatic rings. The topological polar surface area (TPSA) is 54.5 Å². The predicted molar refractivity (Wildman–Crippen MR) is 92.2 cm³/mol. The van der Waals surface area contributed by atoms with Crippen LogP contribution in [-0.2, 0) is 0 Å². The maximum atomic E-state index is 13.6. The molecule has 7 heteroatoms. The van der Waals surface area contributed by atoms with Gasteiger partial charge in [-0.2, -0.15) is 0 Å². The molecule has 5 nitrogen and oxygen atoms in total. The van der Waals surface area contributed by atoms with Gasteiger partial charge < -0.3 is 15.0 Å².